The minimum Gasteiger partial charge on any atom is -0.362 e. The molecule has 8 heteroatoms. The van der Waals surface area contributed by atoms with Crippen LogP contribution in [-0.2, 0) is 22.6 Å². The average molecular weight is 391 g/mol. The second-order valence-electron chi connectivity index (χ2n) is 6.94. The Balaban J connectivity index is 1.34. The third-order valence-electron chi connectivity index (χ3n) is 4.93. The predicted octanol–water partition coefficient (Wildman–Crippen LogP) is 0.997. The molecule has 1 aromatic heterocycles. The number of carbonyl (C=O) groups excluding carboxylic acids is 2. The van der Waals surface area contributed by atoms with Crippen LogP contribution in [0.25, 0.3) is 10.9 Å². The Kier molecular flexibility index (Phi) is 5.24. The van der Waals surface area contributed by atoms with Gasteiger partial charge in [-0.05, 0) is 36.6 Å². The highest BCUT2D eigenvalue weighted by atomic mass is 16.2. The first kappa shape index (κ1) is 18.7. The molecule has 2 N–H and O–H groups in total. The Morgan fingerprint density at radius 3 is 2.55 bits per heavy atom. The number of aryl methyl sites for hydroxylation is 1. The first-order valence-corrected chi connectivity index (χ1v) is 9.46. The summed E-state index contributed by atoms with van der Waals surface area (Å²) in [6.07, 6.45) is 3.31. The number of nitrogens with one attached hydrogen (secondary N) is 2. The Hall–Kier alpha value is -3.68. The number of anilines is 1. The van der Waals surface area contributed by atoms with Crippen LogP contribution in [0.1, 0.15) is 12.0 Å². The van der Waals surface area contributed by atoms with Crippen LogP contribution in [0.3, 0.4) is 0 Å². The van der Waals surface area contributed by atoms with E-state index < -0.39 is 5.91 Å². The smallest absolute Gasteiger partial charge is 0.261 e. The third kappa shape index (κ3) is 4.11. The van der Waals surface area contributed by atoms with Crippen molar-refractivity contribution in [1.82, 2.24) is 20.4 Å². The van der Waals surface area contributed by atoms with Gasteiger partial charge in [0.05, 0.1) is 23.8 Å². The highest BCUT2D eigenvalue weighted by Crippen LogP contribution is 2.26. The van der Waals surface area contributed by atoms with Crippen LogP contribution < -0.4 is 21.3 Å². The number of aromatic nitrogens is 2. The van der Waals surface area contributed by atoms with E-state index in [0.29, 0.717) is 10.9 Å². The van der Waals surface area contributed by atoms with E-state index in [0.717, 1.165) is 25.1 Å². The van der Waals surface area contributed by atoms with Gasteiger partial charge in [0.2, 0.25) is 0 Å². The van der Waals surface area contributed by atoms with Gasteiger partial charge in [0.1, 0.15) is 6.54 Å². The first-order valence-electron chi connectivity index (χ1n) is 9.46. The van der Waals surface area contributed by atoms with Crippen LogP contribution in [0.2, 0.25) is 0 Å². The lowest BCUT2D eigenvalue weighted by Gasteiger charge is -2.30. The van der Waals surface area contributed by atoms with E-state index in [1.165, 1.54) is 16.5 Å². The van der Waals surface area contributed by atoms with E-state index in [9.17, 15) is 14.4 Å². The number of fused-ring (bicyclic) bond motifs is 2. The molecule has 0 atom stereocenters. The molecule has 0 radical (unpaired) electrons. The SMILES string of the molecule is O=C(CN1CCCc2ccccc21)NNC(=O)Cn1cnc2ccccc2c1=O. The lowest BCUT2D eigenvalue weighted by Crippen LogP contribution is -2.48. The van der Waals surface area contributed by atoms with Crippen LogP contribution in [0.5, 0.6) is 0 Å². The van der Waals surface area contributed by atoms with Crippen molar-refractivity contribution >= 4 is 28.4 Å². The molecule has 0 saturated carbocycles. The van der Waals surface area contributed by atoms with Gasteiger partial charge in [0.25, 0.3) is 17.4 Å². The highest BCUT2D eigenvalue weighted by molar-refractivity contribution is 5.85. The summed E-state index contributed by atoms with van der Waals surface area (Å²) >= 11 is 0. The molecule has 1 aliphatic rings. The summed E-state index contributed by atoms with van der Waals surface area (Å²) in [6, 6.07) is 14.9. The first-order chi connectivity index (χ1) is 14.1. The van der Waals surface area contributed by atoms with E-state index in [-0.39, 0.29) is 24.6 Å². The monoisotopic (exact) mass is 391 g/mol. The number of carbonyl (C=O) groups is 2. The average Bonchev–Trinajstić information content (AvgIpc) is 2.75. The van der Waals surface area contributed by atoms with Crippen molar-refractivity contribution < 1.29 is 9.59 Å². The number of amides is 2. The van der Waals surface area contributed by atoms with Crippen LogP contribution in [0, 0.1) is 0 Å². The van der Waals surface area contributed by atoms with E-state index in [2.05, 4.69) is 21.9 Å². The van der Waals surface area contributed by atoms with Gasteiger partial charge < -0.3 is 4.90 Å². The topological polar surface area (TPSA) is 96.3 Å². The van der Waals surface area contributed by atoms with Gasteiger partial charge >= 0.3 is 0 Å². The third-order valence-corrected chi connectivity index (χ3v) is 4.93. The number of benzene rings is 2. The standard InChI is InChI=1S/C21H21N5O3/c27-19(12-25-11-5-7-15-6-1-4-10-18(15)25)23-24-20(28)13-26-14-22-17-9-3-2-8-16(17)21(26)29/h1-4,6,8-10,14H,5,7,11-13H2,(H,23,27)(H,24,28). The molecule has 2 aromatic carbocycles. The molecule has 0 unspecified atom stereocenters. The number of rotatable bonds is 4. The van der Waals surface area contributed by atoms with Gasteiger partial charge in [-0.25, -0.2) is 4.98 Å². The van der Waals surface area contributed by atoms with Gasteiger partial charge in [-0.3, -0.25) is 29.8 Å². The van der Waals surface area contributed by atoms with Crippen LogP contribution in [0.4, 0.5) is 5.69 Å². The van der Waals surface area contributed by atoms with Gasteiger partial charge in [0.15, 0.2) is 0 Å². The molecule has 0 aliphatic carbocycles. The van der Waals surface area contributed by atoms with Crippen LogP contribution in [-0.4, -0.2) is 34.5 Å². The fourth-order valence-electron chi connectivity index (χ4n) is 3.54. The molecule has 0 saturated heterocycles. The Labute approximate surface area is 167 Å². The molecular formula is C21H21N5O3. The summed E-state index contributed by atoms with van der Waals surface area (Å²) in [7, 11) is 0. The Morgan fingerprint density at radius 2 is 1.69 bits per heavy atom. The summed E-state index contributed by atoms with van der Waals surface area (Å²) in [5.41, 5.74) is 7.33. The van der Waals surface area contributed by atoms with E-state index in [1.54, 1.807) is 24.3 Å². The minimum atomic E-state index is -0.503. The van der Waals surface area contributed by atoms with Crippen molar-refractivity contribution in [1.29, 1.82) is 0 Å². The maximum Gasteiger partial charge on any atom is 0.261 e. The molecule has 3 aromatic rings. The van der Waals surface area contributed by atoms with Crippen molar-refractivity contribution in [3.8, 4) is 0 Å². The normalized spacial score (nSPS) is 13.0. The van der Waals surface area contributed by atoms with Crippen molar-refractivity contribution in [2.45, 2.75) is 19.4 Å². The zero-order valence-electron chi connectivity index (χ0n) is 15.8. The van der Waals surface area contributed by atoms with Gasteiger partial charge in [0, 0.05) is 12.2 Å². The highest BCUT2D eigenvalue weighted by Gasteiger charge is 2.19. The fraction of sp³-hybridized carbons (Fsp3) is 0.238. The summed E-state index contributed by atoms with van der Waals surface area (Å²) in [5.74, 6) is -0.824. The van der Waals surface area contributed by atoms with Crippen molar-refractivity contribution in [2.75, 3.05) is 18.0 Å². The summed E-state index contributed by atoms with van der Waals surface area (Å²) in [6.45, 7) is 0.703. The number of nitrogens with zero attached hydrogens (tertiary/aromatic N) is 3. The predicted molar refractivity (Wildman–Crippen MR) is 109 cm³/mol. The van der Waals surface area contributed by atoms with Crippen LogP contribution in [0.15, 0.2) is 59.7 Å². The molecule has 0 fully saturated rings. The van der Waals surface area contributed by atoms with Crippen LogP contribution >= 0.6 is 0 Å². The summed E-state index contributed by atoms with van der Waals surface area (Å²) in [4.78, 5) is 43.0. The van der Waals surface area contributed by atoms with E-state index in [4.69, 9.17) is 0 Å². The Bertz CT molecular complexity index is 1120. The zero-order chi connectivity index (χ0) is 20.2. The molecule has 29 heavy (non-hydrogen) atoms. The van der Waals surface area contributed by atoms with Crippen molar-refractivity contribution in [3.63, 3.8) is 0 Å². The molecule has 4 rings (SSSR count). The number of hydrogen-bond acceptors (Lipinski definition) is 5. The molecule has 0 spiro atoms. The molecule has 2 amide bonds. The quantitative estimate of drug-likeness (QED) is 0.647. The number of hydrazine groups is 1. The van der Waals surface area contributed by atoms with Crippen molar-refractivity contribution in [2.24, 2.45) is 0 Å². The lowest BCUT2D eigenvalue weighted by molar-refractivity contribution is -0.128. The molecule has 2 heterocycles. The fourth-order valence-corrected chi connectivity index (χ4v) is 3.54. The zero-order valence-corrected chi connectivity index (χ0v) is 15.8. The lowest BCUT2D eigenvalue weighted by atomic mass is 10.0. The molecule has 148 valence electrons. The molecule has 8 nitrogen and oxygen atoms in total. The van der Waals surface area contributed by atoms with Gasteiger partial charge in [-0.1, -0.05) is 30.3 Å². The van der Waals surface area contributed by atoms with Gasteiger partial charge in [-0.15, -0.1) is 0 Å². The maximum atomic E-state index is 12.4. The second-order valence-corrected chi connectivity index (χ2v) is 6.94. The number of hydrogen-bond donors (Lipinski definition) is 2. The van der Waals surface area contributed by atoms with Gasteiger partial charge in [-0.2, -0.15) is 0 Å². The van der Waals surface area contributed by atoms with E-state index in [1.807, 2.05) is 23.1 Å². The number of para-hydroxylation sites is 2. The van der Waals surface area contributed by atoms with E-state index >= 15 is 0 Å². The molecule has 0 bridgehead atoms. The largest absolute Gasteiger partial charge is 0.362 e. The summed E-state index contributed by atoms with van der Waals surface area (Å²) < 4.78 is 1.21. The Morgan fingerprint density at radius 1 is 0.966 bits per heavy atom. The summed E-state index contributed by atoms with van der Waals surface area (Å²) in [5, 5.41) is 0.440. The minimum absolute atomic E-state index is 0.148. The molecule has 1 aliphatic heterocycles. The maximum absolute atomic E-state index is 12.4. The molecular weight excluding hydrogens is 370 g/mol. The second kappa shape index (κ2) is 8.14. The van der Waals surface area contributed by atoms with Crippen molar-refractivity contribution in [3.05, 3.63) is 70.8 Å².